The molecular weight excluding hydrogens is 432 g/mol. The van der Waals surface area contributed by atoms with Gasteiger partial charge >= 0.3 is 0 Å². The first-order chi connectivity index (χ1) is 10.7. The fraction of sp³-hybridized carbons (Fsp3) is 0.125. The second-order valence-electron chi connectivity index (χ2n) is 4.94. The molecule has 1 atom stereocenters. The third kappa shape index (κ3) is 3.56. The monoisotopic (exact) mass is 442 g/mol. The molecule has 120 valence electrons. The van der Waals surface area contributed by atoms with Gasteiger partial charge in [0.2, 0.25) is 0 Å². The zero-order valence-electron chi connectivity index (χ0n) is 11.9. The Labute approximate surface area is 148 Å². The number of phenols is 3. The van der Waals surface area contributed by atoms with E-state index in [9.17, 15) is 24.9 Å². The maximum absolute atomic E-state index is 12.5. The molecule has 2 aromatic rings. The lowest BCUT2D eigenvalue weighted by atomic mass is 9.91. The van der Waals surface area contributed by atoms with E-state index in [2.05, 4.69) is 31.9 Å². The molecule has 0 saturated heterocycles. The number of phenolic OH excluding ortho intramolecular Hbond substituents is 3. The molecule has 0 saturated carbocycles. The van der Waals surface area contributed by atoms with Crippen molar-refractivity contribution in [1.29, 1.82) is 0 Å². The number of Topliss-reactive ketones (excluding diaryl/α,β-unsaturated/α-hetero) is 2. The SMILES string of the molecule is CC(C(=O)c1cc(Br)c(O)c(Br)c1)C(=O)c1cc(O)ccc1O. The summed E-state index contributed by atoms with van der Waals surface area (Å²) in [7, 11) is 0. The minimum atomic E-state index is -1.06. The highest BCUT2D eigenvalue weighted by Gasteiger charge is 2.27. The van der Waals surface area contributed by atoms with E-state index in [1.807, 2.05) is 0 Å². The maximum atomic E-state index is 12.5. The standard InChI is InChI=1S/C16H12Br2O5/c1-7(15(22)10-6-9(19)2-3-13(10)20)14(21)8-4-11(17)16(23)12(18)5-8/h2-7,19-20,23H,1H3. The van der Waals surface area contributed by atoms with Crippen LogP contribution in [0.4, 0.5) is 0 Å². The Kier molecular flexibility index (Phi) is 5.11. The van der Waals surface area contributed by atoms with Gasteiger partial charge in [0.05, 0.1) is 20.4 Å². The summed E-state index contributed by atoms with van der Waals surface area (Å²) in [6, 6.07) is 6.37. The predicted molar refractivity (Wildman–Crippen MR) is 91.1 cm³/mol. The predicted octanol–water partition coefficient (Wildman–Crippen LogP) is 4.03. The Morgan fingerprint density at radius 2 is 1.52 bits per heavy atom. The number of hydrogen-bond acceptors (Lipinski definition) is 5. The van der Waals surface area contributed by atoms with E-state index in [1.54, 1.807) is 0 Å². The van der Waals surface area contributed by atoms with Crippen LogP contribution < -0.4 is 0 Å². The average molecular weight is 444 g/mol. The van der Waals surface area contributed by atoms with Gasteiger partial charge in [-0.1, -0.05) is 0 Å². The van der Waals surface area contributed by atoms with Gasteiger partial charge in [-0.05, 0) is 69.1 Å². The quantitative estimate of drug-likeness (QED) is 0.376. The van der Waals surface area contributed by atoms with Crippen molar-refractivity contribution < 1.29 is 24.9 Å². The zero-order valence-corrected chi connectivity index (χ0v) is 15.1. The second kappa shape index (κ2) is 6.72. The highest BCUT2D eigenvalue weighted by Crippen LogP contribution is 2.34. The van der Waals surface area contributed by atoms with Crippen molar-refractivity contribution >= 4 is 43.4 Å². The number of carbonyl (C=O) groups is 2. The summed E-state index contributed by atoms with van der Waals surface area (Å²) in [5.41, 5.74) is 0.102. The van der Waals surface area contributed by atoms with Crippen molar-refractivity contribution in [2.24, 2.45) is 5.92 Å². The third-order valence-corrected chi connectivity index (χ3v) is 4.54. The van der Waals surface area contributed by atoms with Crippen LogP contribution in [0.5, 0.6) is 17.2 Å². The molecule has 0 aliphatic carbocycles. The number of hydrogen-bond donors (Lipinski definition) is 3. The minimum Gasteiger partial charge on any atom is -0.508 e. The largest absolute Gasteiger partial charge is 0.508 e. The summed E-state index contributed by atoms with van der Waals surface area (Å²) < 4.78 is 0.630. The molecule has 5 nitrogen and oxygen atoms in total. The molecule has 0 aliphatic rings. The maximum Gasteiger partial charge on any atom is 0.177 e. The van der Waals surface area contributed by atoms with Crippen molar-refractivity contribution in [2.75, 3.05) is 0 Å². The van der Waals surface area contributed by atoms with Gasteiger partial charge in [0.1, 0.15) is 17.2 Å². The van der Waals surface area contributed by atoms with E-state index in [4.69, 9.17) is 0 Å². The molecule has 0 amide bonds. The number of halogens is 2. The molecule has 1 unspecified atom stereocenters. The van der Waals surface area contributed by atoms with Crippen LogP contribution in [-0.2, 0) is 0 Å². The molecule has 0 aliphatic heterocycles. The molecule has 2 aromatic carbocycles. The van der Waals surface area contributed by atoms with Gasteiger partial charge in [-0.25, -0.2) is 0 Å². The number of benzene rings is 2. The van der Waals surface area contributed by atoms with E-state index in [-0.39, 0.29) is 28.4 Å². The van der Waals surface area contributed by atoms with Crippen molar-refractivity contribution in [3.8, 4) is 17.2 Å². The number of rotatable bonds is 4. The fourth-order valence-corrected chi connectivity index (χ4v) is 3.22. The summed E-state index contributed by atoms with van der Waals surface area (Å²) in [5.74, 6) is -2.68. The lowest BCUT2D eigenvalue weighted by Crippen LogP contribution is -2.21. The van der Waals surface area contributed by atoms with Crippen LogP contribution in [-0.4, -0.2) is 26.9 Å². The van der Waals surface area contributed by atoms with Gasteiger partial charge in [-0.15, -0.1) is 0 Å². The smallest absolute Gasteiger partial charge is 0.177 e. The van der Waals surface area contributed by atoms with Gasteiger partial charge in [0.15, 0.2) is 11.6 Å². The first-order valence-electron chi connectivity index (χ1n) is 6.50. The van der Waals surface area contributed by atoms with Crippen LogP contribution in [0.25, 0.3) is 0 Å². The van der Waals surface area contributed by atoms with Gasteiger partial charge in [-0.2, -0.15) is 0 Å². The molecule has 0 radical (unpaired) electrons. The molecule has 2 rings (SSSR count). The van der Waals surface area contributed by atoms with Gasteiger partial charge in [0.25, 0.3) is 0 Å². The molecule has 0 aromatic heterocycles. The number of aromatic hydroxyl groups is 3. The summed E-state index contributed by atoms with van der Waals surface area (Å²) in [5, 5.41) is 28.9. The van der Waals surface area contributed by atoms with Crippen LogP contribution in [0.2, 0.25) is 0 Å². The Balaban J connectivity index is 2.36. The summed E-state index contributed by atoms with van der Waals surface area (Å²) in [6.07, 6.45) is 0. The van der Waals surface area contributed by atoms with Crippen LogP contribution >= 0.6 is 31.9 Å². The number of ketones is 2. The van der Waals surface area contributed by atoms with Crippen molar-refractivity contribution in [3.63, 3.8) is 0 Å². The van der Waals surface area contributed by atoms with E-state index >= 15 is 0 Å². The van der Waals surface area contributed by atoms with E-state index in [1.165, 1.54) is 31.2 Å². The first kappa shape index (κ1) is 17.5. The summed E-state index contributed by atoms with van der Waals surface area (Å²) >= 11 is 6.25. The lowest BCUT2D eigenvalue weighted by molar-refractivity contribution is 0.0819. The summed E-state index contributed by atoms with van der Waals surface area (Å²) in [6.45, 7) is 1.42. The minimum absolute atomic E-state index is 0.0499. The Morgan fingerprint density at radius 1 is 0.957 bits per heavy atom. The Hall–Kier alpha value is -1.86. The van der Waals surface area contributed by atoms with E-state index in [0.717, 1.165) is 6.07 Å². The van der Waals surface area contributed by atoms with E-state index < -0.39 is 17.5 Å². The molecule has 0 fully saturated rings. The topological polar surface area (TPSA) is 94.8 Å². The van der Waals surface area contributed by atoms with Gasteiger partial charge in [0, 0.05) is 5.56 Å². The third-order valence-electron chi connectivity index (χ3n) is 3.33. The molecule has 0 bridgehead atoms. The number of carbonyl (C=O) groups excluding carboxylic acids is 2. The molecule has 0 heterocycles. The molecule has 0 spiro atoms. The van der Waals surface area contributed by atoms with Gasteiger partial charge < -0.3 is 15.3 Å². The molecule has 23 heavy (non-hydrogen) atoms. The van der Waals surface area contributed by atoms with Crippen LogP contribution in [0, 0.1) is 5.92 Å². The van der Waals surface area contributed by atoms with Gasteiger partial charge in [-0.3, -0.25) is 9.59 Å². The summed E-state index contributed by atoms with van der Waals surface area (Å²) in [4.78, 5) is 24.9. The highest BCUT2D eigenvalue weighted by molar-refractivity contribution is 9.11. The Bertz CT molecular complexity index is 778. The normalized spacial score (nSPS) is 12.0. The van der Waals surface area contributed by atoms with Crippen molar-refractivity contribution in [2.45, 2.75) is 6.92 Å². The zero-order chi connectivity index (χ0) is 17.3. The molecule has 7 heteroatoms. The fourth-order valence-electron chi connectivity index (χ4n) is 2.03. The lowest BCUT2D eigenvalue weighted by Gasteiger charge is -2.12. The van der Waals surface area contributed by atoms with Crippen molar-refractivity contribution in [1.82, 2.24) is 0 Å². The van der Waals surface area contributed by atoms with E-state index in [0.29, 0.717) is 8.95 Å². The van der Waals surface area contributed by atoms with Crippen LogP contribution in [0.1, 0.15) is 27.6 Å². The molecular formula is C16H12Br2O5. The highest BCUT2D eigenvalue weighted by atomic mass is 79.9. The Morgan fingerprint density at radius 3 is 2.09 bits per heavy atom. The second-order valence-corrected chi connectivity index (χ2v) is 6.65. The first-order valence-corrected chi connectivity index (χ1v) is 8.09. The average Bonchev–Trinajstić information content (AvgIpc) is 2.52. The van der Waals surface area contributed by atoms with Crippen LogP contribution in [0.3, 0.4) is 0 Å². The molecule has 3 N–H and O–H groups in total. The van der Waals surface area contributed by atoms with Crippen LogP contribution in [0.15, 0.2) is 39.3 Å². The van der Waals surface area contributed by atoms with Crippen molar-refractivity contribution in [3.05, 3.63) is 50.4 Å².